The number of hydrogen-bond acceptors (Lipinski definition) is 2. The van der Waals surface area contributed by atoms with Crippen molar-refractivity contribution in [3.8, 4) is 11.3 Å². The predicted molar refractivity (Wildman–Crippen MR) is 64.9 cm³/mol. The second-order valence-electron chi connectivity index (χ2n) is 3.75. The second kappa shape index (κ2) is 3.94. The monoisotopic (exact) mass is 224 g/mol. The van der Waals surface area contributed by atoms with Crippen LogP contribution in [-0.2, 0) is 0 Å². The minimum absolute atomic E-state index is 0.266. The molecule has 1 aromatic heterocycles. The van der Waals surface area contributed by atoms with Crippen LogP contribution in [0.3, 0.4) is 0 Å². The number of nitrogens with zero attached hydrogens (tertiary/aromatic N) is 2. The van der Waals surface area contributed by atoms with E-state index in [0.717, 1.165) is 16.6 Å². The number of aromatic nitrogens is 2. The molecule has 0 fully saturated rings. The molecule has 0 radical (unpaired) electrons. The molecule has 3 heteroatoms. The number of halogens is 1. The highest BCUT2D eigenvalue weighted by molar-refractivity contribution is 5.76. The lowest BCUT2D eigenvalue weighted by atomic mass is 10.1. The minimum atomic E-state index is -0.266. The quantitative estimate of drug-likeness (QED) is 0.632. The molecule has 0 N–H and O–H groups in total. The summed E-state index contributed by atoms with van der Waals surface area (Å²) in [4.78, 5) is 8.76. The molecule has 17 heavy (non-hydrogen) atoms. The maximum atomic E-state index is 13.1. The largest absolute Gasteiger partial charge is 0.252 e. The number of benzene rings is 2. The molecule has 3 aromatic rings. The van der Waals surface area contributed by atoms with Crippen LogP contribution in [0.25, 0.3) is 22.3 Å². The molecule has 3 rings (SSSR count). The van der Waals surface area contributed by atoms with Gasteiger partial charge in [0.15, 0.2) is 0 Å². The molecule has 0 aliphatic heterocycles. The third-order valence-electron chi connectivity index (χ3n) is 2.57. The van der Waals surface area contributed by atoms with Gasteiger partial charge in [-0.05, 0) is 24.3 Å². The Kier molecular flexibility index (Phi) is 2.29. The van der Waals surface area contributed by atoms with Crippen molar-refractivity contribution < 1.29 is 4.39 Å². The van der Waals surface area contributed by atoms with Crippen LogP contribution in [0.2, 0.25) is 0 Å². The zero-order chi connectivity index (χ0) is 11.7. The van der Waals surface area contributed by atoms with Gasteiger partial charge in [0.2, 0.25) is 0 Å². The van der Waals surface area contributed by atoms with E-state index in [0.29, 0.717) is 5.69 Å². The van der Waals surface area contributed by atoms with Gasteiger partial charge in [0, 0.05) is 5.56 Å². The highest BCUT2D eigenvalue weighted by Crippen LogP contribution is 2.19. The molecule has 82 valence electrons. The first kappa shape index (κ1) is 9.90. The van der Waals surface area contributed by atoms with Crippen molar-refractivity contribution in [2.45, 2.75) is 0 Å². The Balaban J connectivity index is 2.18. The molecular weight excluding hydrogens is 215 g/mol. The van der Waals surface area contributed by atoms with Crippen LogP contribution in [0.4, 0.5) is 4.39 Å². The summed E-state index contributed by atoms with van der Waals surface area (Å²) in [6.07, 6.45) is 1.66. The molecule has 2 aromatic carbocycles. The highest BCUT2D eigenvalue weighted by Gasteiger charge is 2.02. The van der Waals surface area contributed by atoms with Gasteiger partial charge in [-0.3, -0.25) is 4.98 Å². The van der Waals surface area contributed by atoms with Crippen molar-refractivity contribution in [2.75, 3.05) is 0 Å². The number of hydrogen-bond donors (Lipinski definition) is 0. The van der Waals surface area contributed by atoms with Gasteiger partial charge in [-0.15, -0.1) is 0 Å². The SMILES string of the molecule is Fc1cccc(-c2cnc3ccccc3n2)c1. The fraction of sp³-hybridized carbons (Fsp3) is 0. The summed E-state index contributed by atoms with van der Waals surface area (Å²) in [7, 11) is 0. The number of fused-ring (bicyclic) bond motifs is 1. The molecule has 0 bridgehead atoms. The van der Waals surface area contributed by atoms with E-state index in [4.69, 9.17) is 0 Å². The average molecular weight is 224 g/mol. The first-order chi connectivity index (χ1) is 8.33. The second-order valence-corrected chi connectivity index (χ2v) is 3.75. The summed E-state index contributed by atoms with van der Waals surface area (Å²) in [5.74, 6) is -0.266. The first-order valence-corrected chi connectivity index (χ1v) is 5.31. The van der Waals surface area contributed by atoms with E-state index >= 15 is 0 Å². The Morgan fingerprint density at radius 1 is 0.882 bits per heavy atom. The maximum Gasteiger partial charge on any atom is 0.123 e. The lowest BCUT2D eigenvalue weighted by molar-refractivity contribution is 0.628. The summed E-state index contributed by atoms with van der Waals surface area (Å²) < 4.78 is 13.1. The highest BCUT2D eigenvalue weighted by atomic mass is 19.1. The fourth-order valence-electron chi connectivity index (χ4n) is 1.74. The smallest absolute Gasteiger partial charge is 0.123 e. The lowest BCUT2D eigenvalue weighted by Crippen LogP contribution is -1.88. The Bertz CT molecular complexity index is 680. The number of para-hydroxylation sites is 2. The van der Waals surface area contributed by atoms with Crippen molar-refractivity contribution in [3.63, 3.8) is 0 Å². The summed E-state index contributed by atoms with van der Waals surface area (Å²) in [5, 5.41) is 0. The zero-order valence-corrected chi connectivity index (χ0v) is 8.97. The molecule has 0 spiro atoms. The summed E-state index contributed by atoms with van der Waals surface area (Å²) in [6, 6.07) is 14.0. The molecule has 0 aliphatic rings. The fourth-order valence-corrected chi connectivity index (χ4v) is 1.74. The maximum absolute atomic E-state index is 13.1. The van der Waals surface area contributed by atoms with Gasteiger partial charge < -0.3 is 0 Å². The van der Waals surface area contributed by atoms with Crippen molar-refractivity contribution in [2.24, 2.45) is 0 Å². The molecule has 1 heterocycles. The Labute approximate surface area is 97.8 Å². The van der Waals surface area contributed by atoms with E-state index < -0.39 is 0 Å². The lowest BCUT2D eigenvalue weighted by Gasteiger charge is -2.02. The van der Waals surface area contributed by atoms with Crippen LogP contribution < -0.4 is 0 Å². The van der Waals surface area contributed by atoms with Gasteiger partial charge >= 0.3 is 0 Å². The predicted octanol–water partition coefficient (Wildman–Crippen LogP) is 3.44. The summed E-state index contributed by atoms with van der Waals surface area (Å²) in [5.41, 5.74) is 3.08. The van der Waals surface area contributed by atoms with E-state index in [9.17, 15) is 4.39 Å². The van der Waals surface area contributed by atoms with Gasteiger partial charge in [0.25, 0.3) is 0 Å². The van der Waals surface area contributed by atoms with Gasteiger partial charge in [-0.2, -0.15) is 0 Å². The molecule has 0 atom stereocenters. The zero-order valence-electron chi connectivity index (χ0n) is 8.97. The van der Waals surface area contributed by atoms with Crippen LogP contribution in [0.15, 0.2) is 54.7 Å². The van der Waals surface area contributed by atoms with E-state index in [2.05, 4.69) is 9.97 Å². The van der Waals surface area contributed by atoms with Gasteiger partial charge in [0.05, 0.1) is 22.9 Å². The third kappa shape index (κ3) is 1.87. The topological polar surface area (TPSA) is 25.8 Å². The van der Waals surface area contributed by atoms with Crippen LogP contribution >= 0.6 is 0 Å². The van der Waals surface area contributed by atoms with Gasteiger partial charge in [0.1, 0.15) is 5.82 Å². The van der Waals surface area contributed by atoms with Crippen LogP contribution in [0.1, 0.15) is 0 Å². The summed E-state index contributed by atoms with van der Waals surface area (Å²) >= 11 is 0. The van der Waals surface area contributed by atoms with Crippen molar-refractivity contribution in [3.05, 3.63) is 60.5 Å². The Morgan fingerprint density at radius 2 is 1.71 bits per heavy atom. The normalized spacial score (nSPS) is 10.6. The van der Waals surface area contributed by atoms with Crippen molar-refractivity contribution >= 4 is 11.0 Å². The molecule has 0 aliphatic carbocycles. The molecule has 0 unspecified atom stereocenters. The summed E-state index contributed by atoms with van der Waals surface area (Å²) in [6.45, 7) is 0. The molecule has 0 amide bonds. The van der Waals surface area contributed by atoms with E-state index in [-0.39, 0.29) is 5.82 Å². The van der Waals surface area contributed by atoms with Crippen molar-refractivity contribution in [1.82, 2.24) is 9.97 Å². The Morgan fingerprint density at radius 3 is 2.53 bits per heavy atom. The Hall–Kier alpha value is -2.29. The van der Waals surface area contributed by atoms with E-state index in [1.165, 1.54) is 12.1 Å². The van der Waals surface area contributed by atoms with Gasteiger partial charge in [-0.1, -0.05) is 24.3 Å². The standard InChI is InChI=1S/C14H9FN2/c15-11-5-3-4-10(8-11)14-9-16-12-6-1-2-7-13(12)17-14/h1-9H. The van der Waals surface area contributed by atoms with Gasteiger partial charge in [-0.25, -0.2) is 9.37 Å². The van der Waals surface area contributed by atoms with E-state index in [1.807, 2.05) is 30.3 Å². The molecular formula is C14H9FN2. The third-order valence-corrected chi connectivity index (χ3v) is 2.57. The van der Waals surface area contributed by atoms with Crippen LogP contribution in [0.5, 0.6) is 0 Å². The first-order valence-electron chi connectivity index (χ1n) is 5.31. The van der Waals surface area contributed by atoms with Crippen molar-refractivity contribution in [1.29, 1.82) is 0 Å². The molecule has 0 saturated carbocycles. The van der Waals surface area contributed by atoms with Crippen LogP contribution in [0, 0.1) is 5.82 Å². The van der Waals surface area contributed by atoms with E-state index in [1.54, 1.807) is 12.3 Å². The minimum Gasteiger partial charge on any atom is -0.252 e. The van der Waals surface area contributed by atoms with Crippen LogP contribution in [-0.4, -0.2) is 9.97 Å². The number of rotatable bonds is 1. The molecule has 2 nitrogen and oxygen atoms in total. The molecule has 0 saturated heterocycles. The average Bonchev–Trinajstić information content (AvgIpc) is 2.38.